The number of aryl methyl sites for hydroxylation is 1. The molecule has 0 aliphatic carbocycles. The molecule has 0 saturated carbocycles. The number of carbonyl (C=O) groups excluding carboxylic acids is 1. The number of benzene rings is 2. The molecule has 3 heterocycles. The largest absolute Gasteiger partial charge is 0.508 e. The summed E-state index contributed by atoms with van der Waals surface area (Å²) in [4.78, 5) is 15.2. The van der Waals surface area contributed by atoms with E-state index in [1.807, 2.05) is 19.1 Å². The molecule has 2 fully saturated rings. The fraction of sp³-hybridized carbons (Fsp3) is 0.261. The summed E-state index contributed by atoms with van der Waals surface area (Å²) in [6, 6.07) is 12.7. The van der Waals surface area contributed by atoms with Gasteiger partial charge in [-0.05, 0) is 54.4 Å². The van der Waals surface area contributed by atoms with Crippen molar-refractivity contribution in [3.05, 3.63) is 82.3 Å². The van der Waals surface area contributed by atoms with Gasteiger partial charge in [0.15, 0.2) is 0 Å². The van der Waals surface area contributed by atoms with Crippen molar-refractivity contribution in [2.24, 2.45) is 5.92 Å². The van der Waals surface area contributed by atoms with Crippen molar-refractivity contribution < 1.29 is 19.4 Å². The second-order valence-corrected chi connectivity index (χ2v) is 8.47. The lowest BCUT2D eigenvalue weighted by atomic mass is 9.83. The second kappa shape index (κ2) is 7.60. The Morgan fingerprint density at radius 3 is 2.65 bits per heavy atom. The Kier molecular flexibility index (Phi) is 4.89. The first-order valence-corrected chi connectivity index (χ1v) is 10.4. The summed E-state index contributed by atoms with van der Waals surface area (Å²) in [5, 5.41) is 21.3. The zero-order valence-electron chi connectivity index (χ0n) is 16.7. The number of furan rings is 1. The van der Waals surface area contributed by atoms with E-state index in [4.69, 9.17) is 16.0 Å². The number of nitrogens with zero attached hydrogens (tertiary/aromatic N) is 1. The summed E-state index contributed by atoms with van der Waals surface area (Å²) in [5.41, 5.74) is 8.50. The maximum Gasteiger partial charge on any atom is 0.242 e. The summed E-state index contributed by atoms with van der Waals surface area (Å²) in [6.07, 6.45) is 1.58. The van der Waals surface area contributed by atoms with Crippen molar-refractivity contribution in [3.8, 4) is 11.5 Å². The molecule has 3 aromatic rings. The molecule has 8 heteroatoms. The number of rotatable bonds is 4. The minimum absolute atomic E-state index is 0.0811. The molecule has 2 aromatic carbocycles. The molecule has 4 N–H and O–H groups in total. The number of hydrogen-bond donors (Lipinski definition) is 4. The molecular weight excluding hydrogens is 418 g/mol. The maximum absolute atomic E-state index is 13.4. The quantitative estimate of drug-likeness (QED) is 0.496. The van der Waals surface area contributed by atoms with E-state index in [1.54, 1.807) is 47.6 Å². The van der Waals surface area contributed by atoms with Gasteiger partial charge in [-0.25, -0.2) is 10.9 Å². The molecule has 160 valence electrons. The van der Waals surface area contributed by atoms with E-state index in [-0.39, 0.29) is 35.4 Å². The third-order valence-corrected chi connectivity index (χ3v) is 6.58. The summed E-state index contributed by atoms with van der Waals surface area (Å²) in [5.74, 6) is 0.581. The van der Waals surface area contributed by atoms with E-state index in [2.05, 4.69) is 10.9 Å². The Balaban J connectivity index is 1.60. The summed E-state index contributed by atoms with van der Waals surface area (Å²) in [7, 11) is 0. The molecule has 0 spiro atoms. The second-order valence-electron chi connectivity index (χ2n) is 8.07. The number of likely N-dealkylation sites (tertiary alicyclic amines) is 1. The van der Waals surface area contributed by atoms with E-state index in [0.717, 1.165) is 11.1 Å². The van der Waals surface area contributed by atoms with Crippen LogP contribution in [0.3, 0.4) is 0 Å². The Morgan fingerprint density at radius 1 is 1.10 bits per heavy atom. The molecule has 7 nitrogen and oxygen atoms in total. The van der Waals surface area contributed by atoms with Gasteiger partial charge in [0.2, 0.25) is 5.91 Å². The van der Waals surface area contributed by atoms with Gasteiger partial charge in [-0.3, -0.25) is 4.79 Å². The number of halogens is 1. The van der Waals surface area contributed by atoms with Gasteiger partial charge in [0.1, 0.15) is 23.3 Å². The van der Waals surface area contributed by atoms with Gasteiger partial charge >= 0.3 is 0 Å². The van der Waals surface area contributed by atoms with E-state index in [0.29, 0.717) is 22.9 Å². The van der Waals surface area contributed by atoms with Crippen LogP contribution >= 0.6 is 11.6 Å². The average Bonchev–Trinajstić information content (AvgIpc) is 3.45. The number of amides is 1. The minimum Gasteiger partial charge on any atom is -0.508 e. The van der Waals surface area contributed by atoms with Crippen LogP contribution in [0.5, 0.6) is 11.5 Å². The SMILES string of the molecule is Cc1cc(O)c(C2NNC3C(=O)N(Cc4ccco4)C(c4cccc(O)c4)C32)cc1Cl. The van der Waals surface area contributed by atoms with Crippen LogP contribution < -0.4 is 10.9 Å². The normalized spacial score (nSPS) is 25.2. The highest BCUT2D eigenvalue weighted by Gasteiger charge is 2.56. The van der Waals surface area contributed by atoms with E-state index in [1.165, 1.54) is 0 Å². The number of aromatic hydroxyl groups is 2. The van der Waals surface area contributed by atoms with Gasteiger partial charge in [-0.1, -0.05) is 23.7 Å². The zero-order valence-corrected chi connectivity index (χ0v) is 17.5. The molecule has 5 rings (SSSR count). The number of carbonyl (C=O) groups is 1. The Morgan fingerprint density at radius 2 is 1.90 bits per heavy atom. The molecule has 2 aliphatic heterocycles. The Labute approximate surface area is 184 Å². The Bertz CT molecular complexity index is 1130. The van der Waals surface area contributed by atoms with E-state index >= 15 is 0 Å². The summed E-state index contributed by atoms with van der Waals surface area (Å²) in [6.45, 7) is 2.13. The Hall–Kier alpha value is -3.00. The maximum atomic E-state index is 13.4. The van der Waals surface area contributed by atoms with Gasteiger partial charge in [0.25, 0.3) is 0 Å². The van der Waals surface area contributed by atoms with Gasteiger partial charge in [-0.2, -0.15) is 0 Å². The van der Waals surface area contributed by atoms with Crippen molar-refractivity contribution >= 4 is 17.5 Å². The number of nitrogens with one attached hydrogen (secondary N) is 2. The highest BCUT2D eigenvalue weighted by atomic mass is 35.5. The van der Waals surface area contributed by atoms with Crippen LogP contribution in [0.25, 0.3) is 0 Å². The third kappa shape index (κ3) is 3.35. The monoisotopic (exact) mass is 439 g/mol. The molecule has 0 bridgehead atoms. The predicted octanol–water partition coefficient (Wildman–Crippen LogP) is 3.57. The fourth-order valence-electron chi connectivity index (χ4n) is 4.75. The molecule has 31 heavy (non-hydrogen) atoms. The van der Waals surface area contributed by atoms with Gasteiger partial charge in [0.05, 0.1) is 24.9 Å². The predicted molar refractivity (Wildman–Crippen MR) is 114 cm³/mol. The van der Waals surface area contributed by atoms with Crippen LogP contribution in [-0.4, -0.2) is 27.1 Å². The van der Waals surface area contributed by atoms with Crippen LogP contribution in [0.2, 0.25) is 5.02 Å². The number of fused-ring (bicyclic) bond motifs is 1. The first-order chi connectivity index (χ1) is 14.9. The molecule has 2 aliphatic rings. The van der Waals surface area contributed by atoms with Crippen molar-refractivity contribution in [2.45, 2.75) is 31.6 Å². The van der Waals surface area contributed by atoms with Crippen molar-refractivity contribution in [1.82, 2.24) is 15.8 Å². The molecule has 4 atom stereocenters. The van der Waals surface area contributed by atoms with Crippen LogP contribution in [0.1, 0.15) is 34.5 Å². The van der Waals surface area contributed by atoms with Crippen LogP contribution in [0.15, 0.2) is 59.2 Å². The molecule has 1 aromatic heterocycles. The molecule has 4 unspecified atom stereocenters. The third-order valence-electron chi connectivity index (χ3n) is 6.17. The topological polar surface area (TPSA) is 98.0 Å². The van der Waals surface area contributed by atoms with Crippen molar-refractivity contribution in [1.29, 1.82) is 0 Å². The highest BCUT2D eigenvalue weighted by molar-refractivity contribution is 6.31. The minimum atomic E-state index is -0.508. The molecular formula is C23H22ClN3O4. The fourth-order valence-corrected chi connectivity index (χ4v) is 4.92. The number of hydrogen-bond acceptors (Lipinski definition) is 6. The van der Waals surface area contributed by atoms with Gasteiger partial charge in [0, 0.05) is 16.5 Å². The van der Waals surface area contributed by atoms with Crippen molar-refractivity contribution in [2.75, 3.05) is 0 Å². The number of phenols is 2. The first-order valence-electron chi connectivity index (χ1n) is 10.1. The van der Waals surface area contributed by atoms with Crippen molar-refractivity contribution in [3.63, 3.8) is 0 Å². The van der Waals surface area contributed by atoms with Crippen LogP contribution in [-0.2, 0) is 11.3 Å². The lowest BCUT2D eigenvalue weighted by molar-refractivity contribution is -0.131. The lowest BCUT2D eigenvalue weighted by Crippen LogP contribution is -2.41. The smallest absolute Gasteiger partial charge is 0.242 e. The molecule has 1 amide bonds. The standard InChI is InChI=1S/C23H22ClN3O4/c1-12-8-18(29)16(10-17(12)24)20-19-21(26-25-20)23(30)27(11-15-6-3-7-31-15)22(19)13-4-2-5-14(28)9-13/h2-10,19-22,25-26,28-29H,11H2,1H3. The molecule has 0 radical (unpaired) electrons. The number of hydrazine groups is 1. The highest BCUT2D eigenvalue weighted by Crippen LogP contribution is 2.49. The van der Waals surface area contributed by atoms with Gasteiger partial charge < -0.3 is 19.5 Å². The van der Waals surface area contributed by atoms with Crippen LogP contribution in [0, 0.1) is 12.8 Å². The van der Waals surface area contributed by atoms with Crippen LogP contribution in [0.4, 0.5) is 0 Å². The summed E-state index contributed by atoms with van der Waals surface area (Å²) < 4.78 is 5.50. The number of phenolic OH excluding ortho intramolecular Hbond substituents is 2. The average molecular weight is 440 g/mol. The zero-order chi connectivity index (χ0) is 21.7. The van der Waals surface area contributed by atoms with E-state index < -0.39 is 6.04 Å². The van der Waals surface area contributed by atoms with Gasteiger partial charge in [-0.15, -0.1) is 0 Å². The molecule has 2 saturated heterocycles. The van der Waals surface area contributed by atoms with E-state index in [9.17, 15) is 15.0 Å². The summed E-state index contributed by atoms with van der Waals surface area (Å²) >= 11 is 6.35. The first kappa shape index (κ1) is 19.9. The lowest BCUT2D eigenvalue weighted by Gasteiger charge is -2.31.